The summed E-state index contributed by atoms with van der Waals surface area (Å²) in [7, 11) is 2.37. The lowest BCUT2D eigenvalue weighted by Crippen LogP contribution is -2.03. The molecule has 0 unspecified atom stereocenters. The second kappa shape index (κ2) is 4.84. The summed E-state index contributed by atoms with van der Waals surface area (Å²) in [6.45, 7) is 0. The highest BCUT2D eigenvalue weighted by Crippen LogP contribution is 2.24. The molecule has 1 heterocycles. The number of ether oxygens (including phenoxy) is 2. The Morgan fingerprint density at radius 1 is 1.38 bits per heavy atom. The van der Waals surface area contributed by atoms with Gasteiger partial charge >= 0.3 is 17.6 Å². The van der Waals surface area contributed by atoms with Crippen LogP contribution in [0.25, 0.3) is 10.7 Å². The number of aliphatic hydroxyl groups is 1. The van der Waals surface area contributed by atoms with Gasteiger partial charge in [0.2, 0.25) is 5.39 Å². The van der Waals surface area contributed by atoms with E-state index in [1.807, 2.05) is 0 Å². The number of aliphatic hydroxyl groups excluding tert-OH is 1. The molecule has 0 bridgehead atoms. The van der Waals surface area contributed by atoms with Crippen LogP contribution in [0.5, 0.6) is 0 Å². The first kappa shape index (κ1) is 11.6. The van der Waals surface area contributed by atoms with Gasteiger partial charge in [-0.15, -0.1) is 0 Å². The number of hydrogen-bond donors (Lipinski definition) is 1. The van der Waals surface area contributed by atoms with Crippen molar-refractivity contribution < 1.29 is 23.8 Å². The minimum absolute atomic E-state index is 0.0129. The Bertz CT molecular complexity index is 468. The Balaban J connectivity index is 3.29. The zero-order valence-corrected chi connectivity index (χ0v) is 8.63. The van der Waals surface area contributed by atoms with Gasteiger partial charge in [0.15, 0.2) is 4.98 Å². The summed E-state index contributed by atoms with van der Waals surface area (Å²) in [6.07, 6.45) is 2.23. The lowest BCUT2D eigenvalue weighted by molar-refractivity contribution is 0.0599. The number of esters is 1. The fraction of sp³-hybridized carbons (Fsp3) is 0.222. The number of diazo groups is 1. The maximum atomic E-state index is 11.3. The summed E-state index contributed by atoms with van der Waals surface area (Å²) in [5.41, 5.74) is -0.246. The van der Waals surface area contributed by atoms with Gasteiger partial charge in [0, 0.05) is 0 Å². The van der Waals surface area contributed by atoms with Crippen molar-refractivity contribution in [3.05, 3.63) is 34.6 Å². The average molecular weight is 225 g/mol. The first-order chi connectivity index (χ1) is 7.65. The molecule has 0 atom stereocenters. The molecular weight excluding hydrogens is 216 g/mol. The minimum Gasteiger partial charge on any atom is -0.475 e. The predicted molar refractivity (Wildman–Crippen MR) is 51.7 cm³/mol. The predicted octanol–water partition coefficient (Wildman–Crippen LogP) is 1.75. The molecule has 0 spiro atoms. The maximum Gasteiger partial charge on any atom is 0.475 e. The number of carbonyl (C=O) groups is 1. The zero-order chi connectivity index (χ0) is 12.1. The van der Waals surface area contributed by atoms with E-state index in [9.17, 15) is 9.90 Å². The van der Waals surface area contributed by atoms with Crippen LogP contribution in [0, 0.1) is 5.39 Å². The second-order valence-electron chi connectivity index (χ2n) is 2.65. The lowest BCUT2D eigenvalue weighted by atomic mass is 10.1. The molecule has 84 valence electrons. The van der Waals surface area contributed by atoms with Crippen molar-refractivity contribution in [1.82, 2.24) is 0 Å². The van der Waals surface area contributed by atoms with Gasteiger partial charge in [-0.25, -0.2) is 4.79 Å². The monoisotopic (exact) mass is 225 g/mol. The van der Waals surface area contributed by atoms with E-state index in [4.69, 9.17) is 9.81 Å². The minimum atomic E-state index is -0.686. The number of rotatable bonds is 3. The molecule has 0 aliphatic carbocycles. The van der Waals surface area contributed by atoms with Crippen molar-refractivity contribution in [2.45, 2.75) is 0 Å². The molecule has 0 aliphatic heterocycles. The smallest absolute Gasteiger partial charge is 0.475 e. The van der Waals surface area contributed by atoms with Crippen molar-refractivity contribution in [3.8, 4) is 0 Å². The number of hydrogen-bond acceptors (Lipinski definition) is 6. The molecule has 0 aliphatic rings. The van der Waals surface area contributed by atoms with Crippen LogP contribution in [-0.2, 0) is 9.47 Å². The lowest BCUT2D eigenvalue weighted by Gasteiger charge is -1.95. The third-order valence-electron chi connectivity index (χ3n) is 1.82. The summed E-state index contributed by atoms with van der Waals surface area (Å²) in [4.78, 5) is 14.1. The Kier molecular flexibility index (Phi) is 3.50. The third-order valence-corrected chi connectivity index (χ3v) is 1.82. The highest BCUT2D eigenvalue weighted by Gasteiger charge is 2.31. The van der Waals surface area contributed by atoms with Gasteiger partial charge in [0.1, 0.15) is 23.7 Å². The number of carbonyl (C=O) groups excluding carboxylic acids is 1. The van der Waals surface area contributed by atoms with Crippen LogP contribution in [0.3, 0.4) is 0 Å². The van der Waals surface area contributed by atoms with Crippen LogP contribution in [0.1, 0.15) is 15.9 Å². The highest BCUT2D eigenvalue weighted by atomic mass is 16.6. The summed E-state index contributed by atoms with van der Waals surface area (Å²) >= 11 is 0. The van der Waals surface area contributed by atoms with Crippen LogP contribution >= 0.6 is 0 Å². The first-order valence-corrected chi connectivity index (χ1v) is 4.12. The van der Waals surface area contributed by atoms with Gasteiger partial charge in [-0.2, -0.15) is 0 Å². The van der Waals surface area contributed by atoms with E-state index in [1.165, 1.54) is 14.2 Å². The van der Waals surface area contributed by atoms with Gasteiger partial charge in [-0.3, -0.25) is 0 Å². The standard InChI is InChI=1S/C9H8N2O5/c1-14-8(12)6-4-16-3-5(6)7(11-10)9(13)15-2/h3-4H,1-2H3/p+1/b9-7-. The van der Waals surface area contributed by atoms with E-state index >= 15 is 0 Å². The van der Waals surface area contributed by atoms with Crippen molar-refractivity contribution in [2.24, 2.45) is 0 Å². The average Bonchev–Trinajstić information content (AvgIpc) is 2.77. The molecule has 7 nitrogen and oxygen atoms in total. The molecule has 16 heavy (non-hydrogen) atoms. The van der Waals surface area contributed by atoms with E-state index in [2.05, 4.69) is 14.4 Å². The molecule has 1 aromatic rings. The zero-order valence-electron chi connectivity index (χ0n) is 8.63. The Labute approximate surface area is 90.5 Å². The highest BCUT2D eigenvalue weighted by molar-refractivity contribution is 5.95. The normalized spacial score (nSPS) is 11.3. The fourth-order valence-corrected chi connectivity index (χ4v) is 1.06. The Hall–Kier alpha value is -2.49. The van der Waals surface area contributed by atoms with Crippen LogP contribution in [0.4, 0.5) is 0 Å². The van der Waals surface area contributed by atoms with Gasteiger partial charge < -0.3 is 19.0 Å². The molecule has 0 fully saturated rings. The largest absolute Gasteiger partial charge is 0.475 e. The Morgan fingerprint density at radius 3 is 2.50 bits per heavy atom. The van der Waals surface area contributed by atoms with Crippen molar-refractivity contribution in [3.63, 3.8) is 0 Å². The first-order valence-electron chi connectivity index (χ1n) is 4.12. The molecule has 1 N–H and O–H groups in total. The van der Waals surface area contributed by atoms with Crippen LogP contribution in [0.15, 0.2) is 22.9 Å². The second-order valence-corrected chi connectivity index (χ2v) is 2.65. The van der Waals surface area contributed by atoms with Crippen LogP contribution in [0.2, 0.25) is 0 Å². The molecule has 7 heteroatoms. The van der Waals surface area contributed by atoms with Crippen LogP contribution < -0.4 is 0 Å². The number of furan rings is 1. The van der Waals surface area contributed by atoms with Gasteiger partial charge in [-0.1, -0.05) is 0 Å². The van der Waals surface area contributed by atoms with E-state index in [1.54, 1.807) is 0 Å². The SMILES string of the molecule is COC(=O)c1cocc1/C([N+]#N)=C(\O)OC. The van der Waals surface area contributed by atoms with Gasteiger partial charge in [0.25, 0.3) is 0 Å². The van der Waals surface area contributed by atoms with Crippen LogP contribution in [-0.4, -0.2) is 25.3 Å². The van der Waals surface area contributed by atoms with E-state index < -0.39 is 11.9 Å². The molecule has 0 saturated heterocycles. The molecule has 1 aromatic heterocycles. The third kappa shape index (κ3) is 1.95. The summed E-state index contributed by atoms with van der Waals surface area (Å²) in [5.74, 6) is -1.33. The molecule has 0 aromatic carbocycles. The van der Waals surface area contributed by atoms with Crippen molar-refractivity contribution in [2.75, 3.05) is 14.2 Å². The van der Waals surface area contributed by atoms with E-state index in [0.29, 0.717) is 0 Å². The topological polar surface area (TPSA) is 97.1 Å². The van der Waals surface area contributed by atoms with Gasteiger partial charge in [-0.05, 0) is 0 Å². The molecule has 0 amide bonds. The van der Waals surface area contributed by atoms with E-state index in [-0.39, 0.29) is 16.8 Å². The maximum absolute atomic E-state index is 11.3. The summed E-state index contributed by atoms with van der Waals surface area (Å²) < 4.78 is 13.7. The molecular formula is C9H9N2O5+. The fourth-order valence-electron chi connectivity index (χ4n) is 1.06. The van der Waals surface area contributed by atoms with Crippen molar-refractivity contribution >= 4 is 11.7 Å². The molecule has 0 radical (unpaired) electrons. The molecule has 0 saturated carbocycles. The number of nitrogens with zero attached hydrogens (tertiary/aromatic N) is 2. The van der Waals surface area contributed by atoms with E-state index in [0.717, 1.165) is 12.5 Å². The quantitative estimate of drug-likeness (QED) is 0.478. The molecule has 1 rings (SSSR count). The van der Waals surface area contributed by atoms with Gasteiger partial charge in [0.05, 0.1) is 14.2 Å². The van der Waals surface area contributed by atoms with Crippen molar-refractivity contribution in [1.29, 1.82) is 5.39 Å². The summed E-state index contributed by atoms with van der Waals surface area (Å²) in [6, 6.07) is 0. The summed E-state index contributed by atoms with van der Waals surface area (Å²) in [5, 5.41) is 18.0. The Morgan fingerprint density at radius 2 is 2.00 bits per heavy atom. The number of methoxy groups -OCH3 is 2.